The average molecular weight is 381 g/mol. The highest BCUT2D eigenvalue weighted by atomic mass is 79.9. The van der Waals surface area contributed by atoms with E-state index in [1.54, 1.807) is 0 Å². The van der Waals surface area contributed by atoms with Crippen LogP contribution in [-0.2, 0) is 0 Å². The summed E-state index contributed by atoms with van der Waals surface area (Å²) < 4.78 is 3.98. The lowest BCUT2D eigenvalue weighted by Crippen LogP contribution is -2.02. The first-order chi connectivity index (χ1) is 9.09. The number of pyridine rings is 1. The van der Waals surface area contributed by atoms with Gasteiger partial charge in [-0.2, -0.15) is 5.10 Å². The van der Waals surface area contributed by atoms with Crippen LogP contribution in [0.25, 0.3) is 16.6 Å². The minimum Gasteiger partial charge on any atom is -0.237 e. The highest BCUT2D eigenvalue weighted by Gasteiger charge is 2.14. The molecule has 0 spiro atoms. The molecule has 0 N–H and O–H groups in total. The molecule has 3 aromatic rings. The van der Waals surface area contributed by atoms with Crippen LogP contribution < -0.4 is 0 Å². The van der Waals surface area contributed by atoms with E-state index in [0.29, 0.717) is 0 Å². The van der Waals surface area contributed by atoms with Crippen molar-refractivity contribution in [3.63, 3.8) is 0 Å². The third-order valence-electron chi connectivity index (χ3n) is 3.14. The molecule has 0 aliphatic heterocycles. The van der Waals surface area contributed by atoms with E-state index in [9.17, 15) is 0 Å². The smallest absolute Gasteiger partial charge is 0.161 e. The van der Waals surface area contributed by atoms with Gasteiger partial charge in [-0.15, -0.1) is 0 Å². The monoisotopic (exact) mass is 379 g/mol. The highest BCUT2D eigenvalue weighted by Crippen LogP contribution is 2.29. The molecular formula is C14H11Br2N3. The summed E-state index contributed by atoms with van der Waals surface area (Å²) in [6.45, 7) is 4.01. The van der Waals surface area contributed by atoms with Crippen molar-refractivity contribution in [2.75, 3.05) is 0 Å². The Kier molecular flexibility index (Phi) is 3.19. The first-order valence-corrected chi connectivity index (χ1v) is 7.43. The highest BCUT2D eigenvalue weighted by molar-refractivity contribution is 9.11. The zero-order chi connectivity index (χ0) is 13.6. The third-order valence-corrected chi connectivity index (χ3v) is 4.97. The summed E-state index contributed by atoms with van der Waals surface area (Å²) in [7, 11) is 0. The van der Waals surface area contributed by atoms with Crippen molar-refractivity contribution in [2.45, 2.75) is 13.8 Å². The summed E-state index contributed by atoms with van der Waals surface area (Å²) in [5, 5.41) is 6.77. The van der Waals surface area contributed by atoms with Gasteiger partial charge in [0.05, 0.1) is 15.9 Å². The molecule has 19 heavy (non-hydrogen) atoms. The second-order valence-electron chi connectivity index (χ2n) is 4.37. The van der Waals surface area contributed by atoms with Crippen LogP contribution in [-0.4, -0.2) is 14.8 Å². The van der Waals surface area contributed by atoms with Gasteiger partial charge in [-0.3, -0.25) is 0 Å². The molecule has 5 heteroatoms. The molecule has 3 nitrogen and oxygen atoms in total. The number of rotatable bonds is 1. The zero-order valence-corrected chi connectivity index (χ0v) is 13.7. The van der Waals surface area contributed by atoms with Crippen molar-refractivity contribution >= 4 is 42.6 Å². The molecule has 1 aromatic carbocycles. The van der Waals surface area contributed by atoms with Crippen LogP contribution in [0.4, 0.5) is 0 Å². The second-order valence-corrected chi connectivity index (χ2v) is 6.01. The molecule has 0 amide bonds. The van der Waals surface area contributed by atoms with Crippen LogP contribution in [0, 0.1) is 13.8 Å². The normalized spacial score (nSPS) is 11.2. The molecular weight excluding hydrogens is 370 g/mol. The Hall–Kier alpha value is -1.20. The summed E-state index contributed by atoms with van der Waals surface area (Å²) >= 11 is 7.13. The van der Waals surface area contributed by atoms with Gasteiger partial charge < -0.3 is 0 Å². The lowest BCUT2D eigenvalue weighted by Gasteiger charge is -2.08. The lowest BCUT2D eigenvalue weighted by molar-refractivity contribution is 0.813. The van der Waals surface area contributed by atoms with E-state index in [0.717, 1.165) is 36.9 Å². The molecule has 0 fully saturated rings. The van der Waals surface area contributed by atoms with Crippen LogP contribution in [0.1, 0.15) is 11.4 Å². The molecule has 2 heterocycles. The Morgan fingerprint density at radius 1 is 1.05 bits per heavy atom. The van der Waals surface area contributed by atoms with E-state index in [4.69, 9.17) is 0 Å². The van der Waals surface area contributed by atoms with Crippen molar-refractivity contribution in [2.24, 2.45) is 0 Å². The van der Waals surface area contributed by atoms with Gasteiger partial charge in [0, 0.05) is 21.4 Å². The fourth-order valence-corrected chi connectivity index (χ4v) is 2.90. The predicted octanol–water partition coefficient (Wildman–Crippen LogP) is 4.56. The second kappa shape index (κ2) is 4.72. The van der Waals surface area contributed by atoms with Gasteiger partial charge in [-0.05, 0) is 41.9 Å². The van der Waals surface area contributed by atoms with E-state index >= 15 is 0 Å². The minimum absolute atomic E-state index is 0.852. The fraction of sp³-hybridized carbons (Fsp3) is 0.143. The van der Waals surface area contributed by atoms with E-state index in [-0.39, 0.29) is 0 Å². The van der Waals surface area contributed by atoms with Gasteiger partial charge in [0.1, 0.15) is 0 Å². The SMILES string of the molecule is Cc1nn(-c2nccc3c(Br)cccc23)c(C)c1Br. The number of aromatic nitrogens is 3. The summed E-state index contributed by atoms with van der Waals surface area (Å²) in [6, 6.07) is 8.11. The largest absolute Gasteiger partial charge is 0.237 e. The van der Waals surface area contributed by atoms with E-state index in [2.05, 4.69) is 48.0 Å². The lowest BCUT2D eigenvalue weighted by atomic mass is 10.1. The number of fused-ring (bicyclic) bond motifs is 1. The summed E-state index contributed by atoms with van der Waals surface area (Å²) in [4.78, 5) is 4.49. The van der Waals surface area contributed by atoms with Crippen molar-refractivity contribution in [1.82, 2.24) is 14.8 Å². The number of aryl methyl sites for hydroxylation is 1. The summed E-state index contributed by atoms with van der Waals surface area (Å²) in [5.74, 6) is 0.852. The first kappa shape index (κ1) is 12.8. The minimum atomic E-state index is 0.852. The maximum atomic E-state index is 4.55. The molecule has 0 aliphatic carbocycles. The molecule has 0 radical (unpaired) electrons. The van der Waals surface area contributed by atoms with E-state index < -0.39 is 0 Å². The average Bonchev–Trinajstić information content (AvgIpc) is 2.66. The molecule has 0 aliphatic rings. The van der Waals surface area contributed by atoms with Crippen molar-refractivity contribution in [3.05, 3.63) is 50.8 Å². The Morgan fingerprint density at radius 3 is 2.53 bits per heavy atom. The maximum Gasteiger partial charge on any atom is 0.161 e. The van der Waals surface area contributed by atoms with Crippen molar-refractivity contribution in [1.29, 1.82) is 0 Å². The quantitative estimate of drug-likeness (QED) is 0.619. The van der Waals surface area contributed by atoms with Gasteiger partial charge in [0.25, 0.3) is 0 Å². The van der Waals surface area contributed by atoms with E-state index in [1.165, 1.54) is 0 Å². The topological polar surface area (TPSA) is 30.7 Å². The Morgan fingerprint density at radius 2 is 1.84 bits per heavy atom. The summed E-state index contributed by atoms with van der Waals surface area (Å²) in [5.41, 5.74) is 2.02. The molecule has 0 saturated carbocycles. The van der Waals surface area contributed by atoms with Gasteiger partial charge in [-0.1, -0.05) is 28.1 Å². The third kappa shape index (κ3) is 2.01. The predicted molar refractivity (Wildman–Crippen MR) is 83.7 cm³/mol. The van der Waals surface area contributed by atoms with Crippen LogP contribution in [0.2, 0.25) is 0 Å². The van der Waals surface area contributed by atoms with Crippen LogP contribution in [0.5, 0.6) is 0 Å². The molecule has 3 rings (SSSR count). The van der Waals surface area contributed by atoms with Crippen LogP contribution in [0.3, 0.4) is 0 Å². The molecule has 0 atom stereocenters. The van der Waals surface area contributed by atoms with E-state index in [1.807, 2.05) is 42.9 Å². The van der Waals surface area contributed by atoms with Crippen molar-refractivity contribution < 1.29 is 0 Å². The Labute approximate surface area is 127 Å². The molecule has 0 saturated heterocycles. The van der Waals surface area contributed by atoms with Crippen molar-refractivity contribution in [3.8, 4) is 5.82 Å². The number of hydrogen-bond donors (Lipinski definition) is 0. The number of hydrogen-bond acceptors (Lipinski definition) is 2. The van der Waals surface area contributed by atoms with Gasteiger partial charge >= 0.3 is 0 Å². The molecule has 96 valence electrons. The zero-order valence-electron chi connectivity index (χ0n) is 10.5. The fourth-order valence-electron chi connectivity index (χ4n) is 2.15. The number of benzene rings is 1. The number of nitrogens with zero attached hydrogens (tertiary/aromatic N) is 3. The van der Waals surface area contributed by atoms with Gasteiger partial charge in [-0.25, -0.2) is 9.67 Å². The summed E-state index contributed by atoms with van der Waals surface area (Å²) in [6.07, 6.45) is 1.81. The molecule has 2 aromatic heterocycles. The Balaban J connectivity index is 2.37. The molecule has 0 bridgehead atoms. The molecule has 0 unspecified atom stereocenters. The standard InChI is InChI=1S/C14H11Br2N3/c1-8-13(16)9(2)19(18-8)14-11-4-3-5-12(15)10(11)6-7-17-14/h3-7H,1-2H3. The first-order valence-electron chi connectivity index (χ1n) is 5.85. The van der Waals surface area contributed by atoms with Crippen LogP contribution in [0.15, 0.2) is 39.4 Å². The van der Waals surface area contributed by atoms with Crippen LogP contribution >= 0.6 is 31.9 Å². The number of halogens is 2. The van der Waals surface area contributed by atoms with Gasteiger partial charge in [0.2, 0.25) is 0 Å². The maximum absolute atomic E-state index is 4.55. The van der Waals surface area contributed by atoms with Gasteiger partial charge in [0.15, 0.2) is 5.82 Å². The Bertz CT molecular complexity index is 778.